The van der Waals surface area contributed by atoms with Crippen LogP contribution < -0.4 is 5.32 Å². The van der Waals surface area contributed by atoms with Gasteiger partial charge < -0.3 is 5.32 Å². The van der Waals surface area contributed by atoms with Gasteiger partial charge in [0.2, 0.25) is 5.91 Å². The van der Waals surface area contributed by atoms with Gasteiger partial charge in [-0.2, -0.15) is 0 Å². The summed E-state index contributed by atoms with van der Waals surface area (Å²) in [6.45, 7) is 4.37. The van der Waals surface area contributed by atoms with Crippen molar-refractivity contribution in [1.82, 2.24) is 20.1 Å². The normalized spacial score (nSPS) is 12.0. The van der Waals surface area contributed by atoms with E-state index < -0.39 is 0 Å². The summed E-state index contributed by atoms with van der Waals surface area (Å²) in [6.07, 6.45) is 3.74. The van der Waals surface area contributed by atoms with Gasteiger partial charge in [0, 0.05) is 16.7 Å². The first kappa shape index (κ1) is 25.5. The second kappa shape index (κ2) is 12.4. The molecule has 3 aromatic rings. The Balaban J connectivity index is 1.83. The van der Waals surface area contributed by atoms with E-state index in [-0.39, 0.29) is 24.2 Å². The third kappa shape index (κ3) is 6.95. The molecule has 0 aliphatic carbocycles. The van der Waals surface area contributed by atoms with Crippen molar-refractivity contribution in [2.45, 2.75) is 57.0 Å². The third-order valence-electron chi connectivity index (χ3n) is 5.32. The van der Waals surface area contributed by atoms with E-state index in [9.17, 15) is 9.18 Å². The summed E-state index contributed by atoms with van der Waals surface area (Å²) in [5.41, 5.74) is 1.63. The zero-order chi connectivity index (χ0) is 23.8. The van der Waals surface area contributed by atoms with E-state index in [4.69, 9.17) is 23.2 Å². The number of halogens is 3. The average Bonchev–Trinajstić information content (AvgIpc) is 3.20. The smallest absolute Gasteiger partial charge is 0.223 e. The van der Waals surface area contributed by atoms with E-state index >= 15 is 0 Å². The van der Waals surface area contributed by atoms with E-state index in [1.54, 1.807) is 30.3 Å². The minimum absolute atomic E-state index is 0.0169. The molecule has 0 bridgehead atoms. The average molecular weight is 509 g/mol. The molecule has 5 nitrogen and oxygen atoms in total. The molecule has 0 aliphatic heterocycles. The second-order valence-electron chi connectivity index (χ2n) is 7.71. The Morgan fingerprint density at radius 1 is 1.15 bits per heavy atom. The molecule has 9 heteroatoms. The molecule has 33 heavy (non-hydrogen) atoms. The highest BCUT2D eigenvalue weighted by Crippen LogP contribution is 2.31. The SMILES string of the molecule is CCCCC(CC)C(=O)NCc1nnc(SCc2ccc(F)cc2)n1-c1ccc(Cl)cc1Cl. The molecule has 176 valence electrons. The second-order valence-corrected chi connectivity index (χ2v) is 9.50. The van der Waals surface area contributed by atoms with Crippen molar-refractivity contribution < 1.29 is 9.18 Å². The highest BCUT2D eigenvalue weighted by atomic mass is 35.5. The van der Waals surface area contributed by atoms with Crippen LogP contribution in [0.4, 0.5) is 4.39 Å². The Kier molecular flexibility index (Phi) is 9.59. The number of thioether (sulfide) groups is 1. The number of rotatable bonds is 11. The zero-order valence-electron chi connectivity index (χ0n) is 18.7. The van der Waals surface area contributed by atoms with Gasteiger partial charge in [0.1, 0.15) is 5.82 Å². The van der Waals surface area contributed by atoms with Crippen LogP contribution in [0.5, 0.6) is 0 Å². The van der Waals surface area contributed by atoms with Crippen LogP contribution in [0.25, 0.3) is 5.69 Å². The van der Waals surface area contributed by atoms with Crippen LogP contribution in [-0.2, 0) is 17.1 Å². The maximum Gasteiger partial charge on any atom is 0.223 e. The number of hydrogen-bond donors (Lipinski definition) is 1. The van der Waals surface area contributed by atoms with Crippen molar-refractivity contribution in [2.75, 3.05) is 0 Å². The van der Waals surface area contributed by atoms with Crippen molar-refractivity contribution in [3.63, 3.8) is 0 Å². The lowest BCUT2D eigenvalue weighted by Crippen LogP contribution is -2.31. The molecule has 1 heterocycles. The maximum atomic E-state index is 13.2. The molecule has 0 saturated carbocycles. The Morgan fingerprint density at radius 3 is 2.58 bits per heavy atom. The summed E-state index contributed by atoms with van der Waals surface area (Å²) < 4.78 is 15.1. The van der Waals surface area contributed by atoms with Crippen molar-refractivity contribution in [3.05, 3.63) is 69.7 Å². The van der Waals surface area contributed by atoms with Crippen LogP contribution in [0.15, 0.2) is 47.6 Å². The summed E-state index contributed by atoms with van der Waals surface area (Å²) in [7, 11) is 0. The highest BCUT2D eigenvalue weighted by Gasteiger charge is 2.20. The van der Waals surface area contributed by atoms with Gasteiger partial charge in [0.25, 0.3) is 0 Å². The summed E-state index contributed by atoms with van der Waals surface area (Å²) >= 11 is 14.0. The highest BCUT2D eigenvalue weighted by molar-refractivity contribution is 7.98. The quantitative estimate of drug-likeness (QED) is 0.288. The number of amides is 1. The molecule has 0 saturated heterocycles. The van der Waals surface area contributed by atoms with Gasteiger partial charge in [-0.3, -0.25) is 9.36 Å². The van der Waals surface area contributed by atoms with Gasteiger partial charge in [0.05, 0.1) is 17.3 Å². The Hall–Kier alpha value is -2.09. The van der Waals surface area contributed by atoms with Crippen molar-refractivity contribution >= 4 is 40.9 Å². The first-order valence-corrected chi connectivity index (χ1v) is 12.7. The topological polar surface area (TPSA) is 59.8 Å². The van der Waals surface area contributed by atoms with E-state index in [2.05, 4.69) is 22.4 Å². The fourth-order valence-corrected chi connectivity index (χ4v) is 4.84. The molecule has 0 radical (unpaired) electrons. The minimum atomic E-state index is -0.276. The molecule has 1 unspecified atom stereocenters. The van der Waals surface area contributed by atoms with Gasteiger partial charge in [0.15, 0.2) is 11.0 Å². The standard InChI is InChI=1S/C24H27Cl2FN4OS/c1-3-5-6-17(4-2)23(32)28-14-22-29-30-24(33-15-16-7-10-19(27)11-8-16)31(22)21-12-9-18(25)13-20(21)26/h7-13,17H,3-6,14-15H2,1-2H3,(H,28,32). The summed E-state index contributed by atoms with van der Waals surface area (Å²) in [5.74, 6) is 0.864. The molecule has 1 atom stereocenters. The maximum absolute atomic E-state index is 13.2. The Morgan fingerprint density at radius 2 is 1.91 bits per heavy atom. The van der Waals surface area contributed by atoms with Gasteiger partial charge >= 0.3 is 0 Å². The van der Waals surface area contributed by atoms with Gasteiger partial charge in [-0.1, -0.05) is 73.8 Å². The van der Waals surface area contributed by atoms with Crippen LogP contribution in [0.1, 0.15) is 50.9 Å². The molecule has 0 spiro atoms. The lowest BCUT2D eigenvalue weighted by atomic mass is 9.98. The number of carbonyl (C=O) groups is 1. The number of nitrogens with zero attached hydrogens (tertiary/aromatic N) is 3. The zero-order valence-corrected chi connectivity index (χ0v) is 21.0. The lowest BCUT2D eigenvalue weighted by molar-refractivity contribution is -0.125. The summed E-state index contributed by atoms with van der Waals surface area (Å²) in [4.78, 5) is 12.7. The number of carbonyl (C=O) groups excluding carboxylic acids is 1. The molecule has 0 aliphatic rings. The van der Waals surface area contributed by atoms with Crippen LogP contribution in [0.2, 0.25) is 10.0 Å². The van der Waals surface area contributed by atoms with Gasteiger partial charge in [-0.25, -0.2) is 4.39 Å². The molecule has 1 aromatic heterocycles. The number of benzene rings is 2. The Bertz CT molecular complexity index is 1070. The minimum Gasteiger partial charge on any atom is -0.349 e. The van der Waals surface area contributed by atoms with Crippen molar-refractivity contribution in [2.24, 2.45) is 5.92 Å². The fraction of sp³-hybridized carbons (Fsp3) is 0.375. The van der Waals surface area contributed by atoms with Gasteiger partial charge in [-0.15, -0.1) is 10.2 Å². The third-order valence-corrected chi connectivity index (χ3v) is 6.86. The molecule has 3 rings (SSSR count). The number of aromatic nitrogens is 3. The Labute approximate surface area is 208 Å². The number of hydrogen-bond acceptors (Lipinski definition) is 4. The van der Waals surface area contributed by atoms with Crippen LogP contribution in [0, 0.1) is 11.7 Å². The summed E-state index contributed by atoms with van der Waals surface area (Å²) in [6, 6.07) is 11.5. The van der Waals surface area contributed by atoms with Crippen molar-refractivity contribution in [1.29, 1.82) is 0 Å². The number of unbranched alkanes of at least 4 members (excludes halogenated alkanes) is 1. The van der Waals surface area contributed by atoms with Crippen LogP contribution >= 0.6 is 35.0 Å². The van der Waals surface area contributed by atoms with Crippen molar-refractivity contribution in [3.8, 4) is 5.69 Å². The van der Waals surface area contributed by atoms with E-state index in [1.165, 1.54) is 23.9 Å². The largest absolute Gasteiger partial charge is 0.349 e. The first-order valence-electron chi connectivity index (χ1n) is 11.0. The lowest BCUT2D eigenvalue weighted by Gasteiger charge is -2.16. The molecule has 1 N–H and O–H groups in total. The first-order chi connectivity index (χ1) is 15.9. The fourth-order valence-electron chi connectivity index (χ4n) is 3.42. The van der Waals surface area contributed by atoms with E-state index in [0.29, 0.717) is 32.5 Å². The predicted molar refractivity (Wildman–Crippen MR) is 132 cm³/mol. The van der Waals surface area contributed by atoms with Crippen LogP contribution in [0.3, 0.4) is 0 Å². The predicted octanol–water partition coefficient (Wildman–Crippen LogP) is 6.84. The van der Waals surface area contributed by atoms with Crippen LogP contribution in [-0.4, -0.2) is 20.7 Å². The van der Waals surface area contributed by atoms with E-state index in [1.807, 2.05) is 11.5 Å². The molecule has 0 fully saturated rings. The monoisotopic (exact) mass is 508 g/mol. The van der Waals surface area contributed by atoms with Gasteiger partial charge in [-0.05, 0) is 48.7 Å². The number of nitrogens with one attached hydrogen (secondary N) is 1. The molecular weight excluding hydrogens is 482 g/mol. The molecule has 1 amide bonds. The molecule has 2 aromatic carbocycles. The molecular formula is C24H27Cl2FN4OS. The summed E-state index contributed by atoms with van der Waals surface area (Å²) in [5, 5.41) is 13.3. The van der Waals surface area contributed by atoms with E-state index in [0.717, 1.165) is 31.2 Å².